The summed E-state index contributed by atoms with van der Waals surface area (Å²) in [5.74, 6) is 1.32. The Labute approximate surface area is 170 Å². The smallest absolute Gasteiger partial charge is 0.266 e. The highest BCUT2D eigenvalue weighted by Crippen LogP contribution is 2.40. The zero-order valence-electron chi connectivity index (χ0n) is 14.2. The molecule has 0 N–H and O–H groups in total. The number of fused-ring (bicyclic) bond motifs is 2. The quantitative estimate of drug-likeness (QED) is 0.398. The summed E-state index contributed by atoms with van der Waals surface area (Å²) >= 11 is 13.2. The maximum Gasteiger partial charge on any atom is 0.266 e. The fraction of sp³-hybridized carbons (Fsp3) is 0.316. The van der Waals surface area contributed by atoms with Crippen LogP contribution in [0.1, 0.15) is 31.2 Å². The topological polar surface area (TPSA) is 51.7 Å². The fourth-order valence-electron chi connectivity index (χ4n) is 3.76. The SMILES string of the molecule is O=C1/C(=C/c2cc3cc4c(cc3nc2Cl)OCO4)SC(=S)N1C1CCCC1. The second-order valence-electron chi connectivity index (χ2n) is 6.76. The molecule has 0 unspecified atom stereocenters. The summed E-state index contributed by atoms with van der Waals surface area (Å²) < 4.78 is 11.4. The maximum absolute atomic E-state index is 12.9. The molecule has 1 saturated heterocycles. The number of carbonyl (C=O) groups is 1. The Morgan fingerprint density at radius 3 is 2.74 bits per heavy atom. The van der Waals surface area contributed by atoms with Crippen molar-refractivity contribution in [3.05, 3.63) is 33.8 Å². The van der Waals surface area contributed by atoms with Crippen LogP contribution in [0.4, 0.5) is 0 Å². The summed E-state index contributed by atoms with van der Waals surface area (Å²) in [7, 11) is 0. The van der Waals surface area contributed by atoms with Gasteiger partial charge in [0.05, 0.1) is 10.4 Å². The molecule has 0 bridgehead atoms. The lowest BCUT2D eigenvalue weighted by Gasteiger charge is -2.21. The molecule has 3 heterocycles. The lowest BCUT2D eigenvalue weighted by atomic mass is 10.1. The van der Waals surface area contributed by atoms with Crippen LogP contribution in [0.3, 0.4) is 0 Å². The van der Waals surface area contributed by atoms with E-state index in [4.69, 9.17) is 33.3 Å². The molecule has 2 aliphatic heterocycles. The average molecular weight is 419 g/mol. The molecule has 1 aliphatic carbocycles. The van der Waals surface area contributed by atoms with Crippen molar-refractivity contribution in [3.8, 4) is 11.5 Å². The number of ether oxygens (including phenoxy) is 2. The number of thioether (sulfide) groups is 1. The monoisotopic (exact) mass is 418 g/mol. The van der Waals surface area contributed by atoms with Gasteiger partial charge in [0.15, 0.2) is 11.5 Å². The predicted octanol–water partition coefficient (Wildman–Crippen LogP) is 4.76. The van der Waals surface area contributed by atoms with Crippen molar-refractivity contribution in [1.82, 2.24) is 9.88 Å². The van der Waals surface area contributed by atoms with Gasteiger partial charge >= 0.3 is 0 Å². The molecular weight excluding hydrogens is 404 g/mol. The maximum atomic E-state index is 12.9. The van der Waals surface area contributed by atoms with Gasteiger partial charge in [0, 0.05) is 23.1 Å². The van der Waals surface area contributed by atoms with Crippen LogP contribution >= 0.6 is 35.6 Å². The molecular formula is C19H15ClN2O3S2. The minimum Gasteiger partial charge on any atom is -0.454 e. The summed E-state index contributed by atoms with van der Waals surface area (Å²) in [6.07, 6.45) is 6.12. The van der Waals surface area contributed by atoms with Gasteiger partial charge in [-0.15, -0.1) is 0 Å². The number of pyridine rings is 1. The lowest BCUT2D eigenvalue weighted by molar-refractivity contribution is -0.123. The Bertz CT molecular complexity index is 1020. The molecule has 0 radical (unpaired) electrons. The molecule has 2 fully saturated rings. The van der Waals surface area contributed by atoms with E-state index in [0.717, 1.165) is 36.6 Å². The summed E-state index contributed by atoms with van der Waals surface area (Å²) in [4.78, 5) is 19.7. The first-order valence-corrected chi connectivity index (χ1v) is 10.4. The van der Waals surface area contributed by atoms with Crippen molar-refractivity contribution in [1.29, 1.82) is 0 Å². The van der Waals surface area contributed by atoms with Crippen molar-refractivity contribution >= 4 is 62.8 Å². The fourth-order valence-corrected chi connectivity index (χ4v) is 5.35. The zero-order chi connectivity index (χ0) is 18.5. The van der Waals surface area contributed by atoms with Gasteiger partial charge in [-0.2, -0.15) is 0 Å². The Morgan fingerprint density at radius 2 is 1.96 bits per heavy atom. The van der Waals surface area contributed by atoms with Crippen LogP contribution in [0.5, 0.6) is 11.5 Å². The number of benzene rings is 1. The van der Waals surface area contributed by atoms with E-state index >= 15 is 0 Å². The van der Waals surface area contributed by atoms with Gasteiger partial charge in [-0.25, -0.2) is 4.98 Å². The van der Waals surface area contributed by atoms with Crippen molar-refractivity contribution < 1.29 is 14.3 Å². The van der Waals surface area contributed by atoms with Gasteiger partial charge in [0.25, 0.3) is 5.91 Å². The molecule has 0 atom stereocenters. The number of hydrogen-bond acceptors (Lipinski definition) is 6. The molecule has 1 aromatic heterocycles. The van der Waals surface area contributed by atoms with Gasteiger partial charge in [0.2, 0.25) is 6.79 Å². The first kappa shape index (κ1) is 17.3. The van der Waals surface area contributed by atoms with E-state index < -0.39 is 0 Å². The van der Waals surface area contributed by atoms with E-state index in [2.05, 4.69) is 4.98 Å². The van der Waals surface area contributed by atoms with E-state index in [1.54, 1.807) is 11.0 Å². The molecule has 3 aliphatic rings. The van der Waals surface area contributed by atoms with E-state index in [-0.39, 0.29) is 18.7 Å². The summed E-state index contributed by atoms with van der Waals surface area (Å²) in [6, 6.07) is 5.83. The first-order valence-electron chi connectivity index (χ1n) is 8.77. The van der Waals surface area contributed by atoms with Crippen LogP contribution in [-0.4, -0.2) is 32.9 Å². The Kier molecular flexibility index (Phi) is 4.26. The highest BCUT2D eigenvalue weighted by Gasteiger charge is 2.38. The molecule has 138 valence electrons. The first-order chi connectivity index (χ1) is 13.1. The van der Waals surface area contributed by atoms with Gasteiger partial charge in [0.1, 0.15) is 9.47 Å². The number of carbonyl (C=O) groups excluding carboxylic acids is 1. The molecule has 5 rings (SSSR count). The standard InChI is InChI=1S/C19H15ClN2O3S2/c20-17-11(5-10-6-14-15(25-9-24-14)8-13(10)21-17)7-16-18(23)22(19(26)27-16)12-3-1-2-4-12/h5-8,12H,1-4,9H2/b16-7-. The number of rotatable bonds is 2. The molecule has 8 heteroatoms. The normalized spacial score (nSPS) is 21.2. The predicted molar refractivity (Wildman–Crippen MR) is 110 cm³/mol. The molecule has 5 nitrogen and oxygen atoms in total. The van der Waals surface area contributed by atoms with Crippen LogP contribution in [0, 0.1) is 0 Å². The van der Waals surface area contributed by atoms with E-state index in [9.17, 15) is 4.79 Å². The second kappa shape index (κ2) is 6.65. The third-order valence-electron chi connectivity index (χ3n) is 5.09. The Morgan fingerprint density at radius 1 is 1.22 bits per heavy atom. The van der Waals surface area contributed by atoms with Crippen molar-refractivity contribution in [2.45, 2.75) is 31.7 Å². The second-order valence-corrected chi connectivity index (χ2v) is 8.79. The van der Waals surface area contributed by atoms with E-state index in [0.29, 0.717) is 31.4 Å². The van der Waals surface area contributed by atoms with Gasteiger partial charge in [-0.3, -0.25) is 9.69 Å². The molecule has 1 aromatic carbocycles. The number of nitrogens with zero attached hydrogens (tertiary/aromatic N) is 2. The lowest BCUT2D eigenvalue weighted by Crippen LogP contribution is -2.36. The van der Waals surface area contributed by atoms with Gasteiger partial charge in [-0.1, -0.05) is 48.4 Å². The van der Waals surface area contributed by atoms with E-state index in [1.165, 1.54) is 11.8 Å². The summed E-state index contributed by atoms with van der Waals surface area (Å²) in [5, 5.41) is 1.22. The van der Waals surface area contributed by atoms with Crippen LogP contribution in [0.15, 0.2) is 23.1 Å². The number of aromatic nitrogens is 1. The number of thiocarbonyl (C=S) groups is 1. The molecule has 1 amide bonds. The summed E-state index contributed by atoms with van der Waals surface area (Å²) in [5.41, 5.74) is 1.41. The third-order valence-corrected chi connectivity index (χ3v) is 6.72. The third kappa shape index (κ3) is 2.98. The van der Waals surface area contributed by atoms with Crippen molar-refractivity contribution in [2.75, 3.05) is 6.79 Å². The number of amides is 1. The highest BCUT2D eigenvalue weighted by molar-refractivity contribution is 8.26. The average Bonchev–Trinajstić information content (AvgIpc) is 3.35. The summed E-state index contributed by atoms with van der Waals surface area (Å²) in [6.45, 7) is 0.204. The van der Waals surface area contributed by atoms with Crippen LogP contribution in [-0.2, 0) is 4.79 Å². The molecule has 1 saturated carbocycles. The highest BCUT2D eigenvalue weighted by atomic mass is 35.5. The Balaban J connectivity index is 1.51. The molecule has 27 heavy (non-hydrogen) atoms. The number of hydrogen-bond donors (Lipinski definition) is 0. The molecule has 2 aromatic rings. The van der Waals surface area contributed by atoms with Crippen molar-refractivity contribution in [2.24, 2.45) is 0 Å². The van der Waals surface area contributed by atoms with Crippen molar-refractivity contribution in [3.63, 3.8) is 0 Å². The number of halogens is 1. The minimum absolute atomic E-state index is 0.0289. The van der Waals surface area contributed by atoms with Gasteiger partial charge < -0.3 is 9.47 Å². The van der Waals surface area contributed by atoms with Crippen LogP contribution in [0.2, 0.25) is 5.15 Å². The zero-order valence-corrected chi connectivity index (χ0v) is 16.6. The Hall–Kier alpha value is -1.83. The van der Waals surface area contributed by atoms with Crippen LogP contribution < -0.4 is 9.47 Å². The van der Waals surface area contributed by atoms with E-state index in [1.807, 2.05) is 18.2 Å². The van der Waals surface area contributed by atoms with Gasteiger partial charge in [-0.05, 0) is 31.1 Å². The largest absolute Gasteiger partial charge is 0.454 e. The minimum atomic E-state index is -0.0289. The molecule has 0 spiro atoms. The van der Waals surface area contributed by atoms with Crippen LogP contribution in [0.25, 0.3) is 17.0 Å².